The quantitative estimate of drug-likeness (QED) is 0.691. The molecule has 4 nitrogen and oxygen atoms in total. The Balaban J connectivity index is 2.56. The fourth-order valence-electron chi connectivity index (χ4n) is 1.86. The molecule has 0 saturated heterocycles. The van der Waals surface area contributed by atoms with Crippen molar-refractivity contribution in [3.63, 3.8) is 0 Å². The smallest absolute Gasteiger partial charge is 0.243 e. The first-order chi connectivity index (χ1) is 7.64. The number of hydrogen-bond acceptors (Lipinski definition) is 3. The average molecular weight is 225 g/mol. The van der Waals surface area contributed by atoms with Crippen molar-refractivity contribution in [3.8, 4) is 0 Å². The van der Waals surface area contributed by atoms with E-state index in [-0.39, 0.29) is 5.91 Å². The zero-order valence-electron chi connectivity index (χ0n) is 10.3. The highest BCUT2D eigenvalue weighted by atomic mass is 16.1. The number of primary amides is 1. The molecule has 0 aliphatic carbocycles. The van der Waals surface area contributed by atoms with Crippen molar-refractivity contribution in [2.24, 2.45) is 5.73 Å². The van der Waals surface area contributed by atoms with Crippen LogP contribution in [0, 0.1) is 0 Å². The molecule has 1 aliphatic heterocycles. The molecule has 1 rings (SSSR count). The van der Waals surface area contributed by atoms with E-state index >= 15 is 0 Å². The second-order valence-corrected chi connectivity index (χ2v) is 4.41. The summed E-state index contributed by atoms with van der Waals surface area (Å²) in [6.07, 6.45) is 8.95. The topological polar surface area (TPSA) is 58.4 Å². The van der Waals surface area contributed by atoms with Crippen LogP contribution in [0.2, 0.25) is 0 Å². The van der Waals surface area contributed by atoms with Crippen molar-refractivity contribution in [3.05, 3.63) is 12.3 Å². The van der Waals surface area contributed by atoms with E-state index in [1.165, 1.54) is 0 Å². The van der Waals surface area contributed by atoms with Crippen LogP contribution in [0.5, 0.6) is 0 Å². The molecule has 0 saturated carbocycles. The lowest BCUT2D eigenvalue weighted by Gasteiger charge is -2.28. The molecule has 16 heavy (non-hydrogen) atoms. The molecule has 1 unspecified atom stereocenters. The van der Waals surface area contributed by atoms with E-state index in [1.807, 2.05) is 17.3 Å². The maximum absolute atomic E-state index is 11.5. The summed E-state index contributed by atoms with van der Waals surface area (Å²) in [6.45, 7) is 5.19. The summed E-state index contributed by atoms with van der Waals surface area (Å²) in [5.41, 5.74) is 8.06. The maximum Gasteiger partial charge on any atom is 0.243 e. The van der Waals surface area contributed by atoms with Gasteiger partial charge in [0, 0.05) is 12.7 Å². The van der Waals surface area contributed by atoms with Gasteiger partial charge in [0.05, 0.1) is 0 Å². The number of nitrogens with two attached hydrogens (primary N) is 1. The largest absolute Gasteiger partial charge is 0.368 e. The van der Waals surface area contributed by atoms with Crippen molar-refractivity contribution in [1.82, 2.24) is 10.4 Å². The lowest BCUT2D eigenvalue weighted by Crippen LogP contribution is -2.55. The van der Waals surface area contributed by atoms with Crippen LogP contribution >= 0.6 is 0 Å². The average Bonchev–Trinajstić information content (AvgIpc) is 2.68. The summed E-state index contributed by atoms with van der Waals surface area (Å²) < 4.78 is 0. The molecule has 0 aromatic carbocycles. The highest BCUT2D eigenvalue weighted by Crippen LogP contribution is 2.21. The van der Waals surface area contributed by atoms with Crippen LogP contribution < -0.4 is 11.2 Å². The molecule has 0 fully saturated rings. The van der Waals surface area contributed by atoms with Crippen LogP contribution in [-0.2, 0) is 4.79 Å². The Hall–Kier alpha value is -1.03. The molecule has 3 N–H and O–H groups in total. The van der Waals surface area contributed by atoms with Crippen molar-refractivity contribution < 1.29 is 4.79 Å². The minimum atomic E-state index is -0.649. The van der Waals surface area contributed by atoms with E-state index in [9.17, 15) is 4.79 Å². The van der Waals surface area contributed by atoms with Crippen LogP contribution in [0.15, 0.2) is 12.3 Å². The number of amides is 1. The number of rotatable bonds is 7. The standard InChI is InChI=1S/C12H23N3O/c1-3-5-7-12(11(13)16)8-10-15(14-12)9-6-4-2/h8,10,14H,3-7,9H2,1-2H3,(H2,13,16). The Morgan fingerprint density at radius 2 is 2.06 bits per heavy atom. The van der Waals surface area contributed by atoms with E-state index in [0.29, 0.717) is 0 Å². The summed E-state index contributed by atoms with van der Waals surface area (Å²) >= 11 is 0. The first kappa shape index (κ1) is 13.0. The van der Waals surface area contributed by atoms with Gasteiger partial charge in [0.2, 0.25) is 5.91 Å². The normalized spacial score (nSPS) is 24.0. The van der Waals surface area contributed by atoms with Crippen molar-refractivity contribution in [2.75, 3.05) is 6.54 Å². The SMILES string of the molecule is CCCCN1C=CC(CCCC)(C(N)=O)N1. The van der Waals surface area contributed by atoms with Gasteiger partial charge in [-0.15, -0.1) is 0 Å². The summed E-state index contributed by atoms with van der Waals surface area (Å²) in [5.74, 6) is -0.281. The Morgan fingerprint density at radius 3 is 2.62 bits per heavy atom. The molecule has 1 heterocycles. The monoisotopic (exact) mass is 225 g/mol. The van der Waals surface area contributed by atoms with E-state index < -0.39 is 5.54 Å². The number of carbonyl (C=O) groups is 1. The zero-order chi connectivity index (χ0) is 12.0. The number of nitrogens with one attached hydrogen (secondary N) is 1. The Kier molecular flexibility index (Phi) is 4.80. The molecule has 0 bridgehead atoms. The van der Waals surface area contributed by atoms with Crippen molar-refractivity contribution in [2.45, 2.75) is 51.5 Å². The number of hydrogen-bond donors (Lipinski definition) is 2. The van der Waals surface area contributed by atoms with E-state index in [4.69, 9.17) is 5.73 Å². The molecule has 0 aromatic rings. The Morgan fingerprint density at radius 1 is 1.38 bits per heavy atom. The van der Waals surface area contributed by atoms with Crippen LogP contribution in [0.4, 0.5) is 0 Å². The zero-order valence-corrected chi connectivity index (χ0v) is 10.3. The van der Waals surface area contributed by atoms with E-state index in [1.54, 1.807) is 0 Å². The number of hydrazine groups is 1. The molecule has 1 aliphatic rings. The second-order valence-electron chi connectivity index (χ2n) is 4.41. The van der Waals surface area contributed by atoms with Crippen molar-refractivity contribution in [1.29, 1.82) is 0 Å². The molecule has 1 atom stereocenters. The summed E-state index contributed by atoms with van der Waals surface area (Å²) in [5, 5.41) is 1.98. The fourth-order valence-corrected chi connectivity index (χ4v) is 1.86. The van der Waals surface area contributed by atoms with E-state index in [2.05, 4.69) is 19.3 Å². The predicted molar refractivity (Wildman–Crippen MR) is 65.3 cm³/mol. The van der Waals surface area contributed by atoms with Crippen LogP contribution in [0.25, 0.3) is 0 Å². The van der Waals surface area contributed by atoms with Gasteiger partial charge in [-0.3, -0.25) is 4.79 Å². The maximum atomic E-state index is 11.5. The van der Waals surface area contributed by atoms with Gasteiger partial charge in [-0.05, 0) is 18.9 Å². The number of unbranched alkanes of at least 4 members (excludes halogenated alkanes) is 2. The van der Waals surface area contributed by atoms with Crippen LogP contribution in [-0.4, -0.2) is 23.0 Å². The van der Waals surface area contributed by atoms with Crippen LogP contribution in [0.1, 0.15) is 46.0 Å². The first-order valence-corrected chi connectivity index (χ1v) is 6.18. The van der Waals surface area contributed by atoms with Gasteiger partial charge in [-0.2, -0.15) is 0 Å². The fraction of sp³-hybridized carbons (Fsp3) is 0.750. The molecular weight excluding hydrogens is 202 g/mol. The van der Waals surface area contributed by atoms with Gasteiger partial charge >= 0.3 is 0 Å². The predicted octanol–water partition coefficient (Wildman–Crippen LogP) is 1.53. The highest BCUT2D eigenvalue weighted by Gasteiger charge is 2.37. The summed E-state index contributed by atoms with van der Waals surface area (Å²) in [4.78, 5) is 11.5. The lowest BCUT2D eigenvalue weighted by atomic mass is 9.93. The van der Waals surface area contributed by atoms with Gasteiger partial charge in [-0.1, -0.05) is 33.1 Å². The van der Waals surface area contributed by atoms with Gasteiger partial charge in [0.1, 0.15) is 5.54 Å². The molecule has 0 radical (unpaired) electrons. The summed E-state index contributed by atoms with van der Waals surface area (Å²) in [6, 6.07) is 0. The van der Waals surface area contributed by atoms with Gasteiger partial charge < -0.3 is 10.7 Å². The second kappa shape index (κ2) is 5.89. The number of nitrogens with zero attached hydrogens (tertiary/aromatic N) is 1. The highest BCUT2D eigenvalue weighted by molar-refractivity contribution is 5.87. The third-order valence-corrected chi connectivity index (χ3v) is 3.00. The van der Waals surface area contributed by atoms with E-state index in [0.717, 1.165) is 38.6 Å². The van der Waals surface area contributed by atoms with Gasteiger partial charge in [-0.25, -0.2) is 5.43 Å². The van der Waals surface area contributed by atoms with Gasteiger partial charge in [0.25, 0.3) is 0 Å². The lowest BCUT2D eigenvalue weighted by molar-refractivity contribution is -0.123. The minimum Gasteiger partial charge on any atom is -0.368 e. The molecule has 4 heteroatoms. The molecule has 0 spiro atoms. The van der Waals surface area contributed by atoms with Gasteiger partial charge in [0.15, 0.2) is 0 Å². The van der Waals surface area contributed by atoms with Crippen LogP contribution in [0.3, 0.4) is 0 Å². The van der Waals surface area contributed by atoms with Crippen molar-refractivity contribution >= 4 is 5.91 Å². The number of carbonyl (C=O) groups excluding carboxylic acids is 1. The first-order valence-electron chi connectivity index (χ1n) is 6.18. The Bertz CT molecular complexity index is 265. The third-order valence-electron chi connectivity index (χ3n) is 3.00. The molecule has 1 amide bonds. The third kappa shape index (κ3) is 2.98. The summed E-state index contributed by atoms with van der Waals surface area (Å²) in [7, 11) is 0. The Labute approximate surface area is 97.8 Å². The molecule has 0 aromatic heterocycles. The molecule has 92 valence electrons. The molecular formula is C12H23N3O. The minimum absolute atomic E-state index is 0.281.